The van der Waals surface area contributed by atoms with Gasteiger partial charge in [-0.3, -0.25) is 19.4 Å². The molecular formula is C11H20N6O5. The maximum Gasteiger partial charge on any atom is 0.326 e. The molecule has 124 valence electrons. The minimum atomic E-state index is -1.24. The number of carboxylic acids is 1. The highest BCUT2D eigenvalue weighted by Crippen LogP contribution is 1.99. The molecule has 0 rings (SSSR count). The number of amides is 3. The Hall–Kier alpha value is -2.85. The molecule has 11 heteroatoms. The van der Waals surface area contributed by atoms with Gasteiger partial charge in [-0.15, -0.1) is 0 Å². The standard InChI is InChI=1S/C11H20N6O5/c12-7(18)5-16-8(19)4-9(20)17-6(10(21)22)2-1-3-15-11(13)14/h6H,1-5H2,(H2,12,18)(H,16,19)(H,17,20)(H,21,22)(H4,13,14,15). The quantitative estimate of drug-likeness (QED) is 0.104. The highest BCUT2D eigenvalue weighted by atomic mass is 16.4. The van der Waals surface area contributed by atoms with Crippen LogP contribution in [0, 0.1) is 0 Å². The number of carboxylic acid groups (broad SMARTS) is 1. The molecule has 3 amide bonds. The highest BCUT2D eigenvalue weighted by molar-refractivity contribution is 5.99. The van der Waals surface area contributed by atoms with Crippen molar-refractivity contribution in [2.24, 2.45) is 22.2 Å². The zero-order chi connectivity index (χ0) is 17.1. The number of nitrogens with zero attached hydrogens (tertiary/aromatic N) is 1. The molecule has 0 aromatic heterocycles. The summed E-state index contributed by atoms with van der Waals surface area (Å²) in [6.07, 6.45) is -0.172. The lowest BCUT2D eigenvalue weighted by Gasteiger charge is -2.13. The van der Waals surface area contributed by atoms with E-state index in [1.54, 1.807) is 0 Å². The molecule has 0 aliphatic carbocycles. The molecule has 0 aromatic rings. The molecular weight excluding hydrogens is 296 g/mol. The van der Waals surface area contributed by atoms with Gasteiger partial charge < -0.3 is 32.9 Å². The minimum Gasteiger partial charge on any atom is -0.480 e. The second-order valence-corrected chi connectivity index (χ2v) is 4.33. The topological polar surface area (TPSA) is 203 Å². The van der Waals surface area contributed by atoms with Gasteiger partial charge in [-0.1, -0.05) is 0 Å². The van der Waals surface area contributed by atoms with Crippen molar-refractivity contribution in [3.05, 3.63) is 0 Å². The Morgan fingerprint density at radius 3 is 2.23 bits per heavy atom. The maximum atomic E-state index is 11.5. The van der Waals surface area contributed by atoms with Gasteiger partial charge in [0, 0.05) is 6.54 Å². The van der Waals surface area contributed by atoms with E-state index in [0.717, 1.165) is 0 Å². The number of nitrogens with one attached hydrogen (secondary N) is 2. The van der Waals surface area contributed by atoms with E-state index in [0.29, 0.717) is 6.42 Å². The Kier molecular flexibility index (Phi) is 8.67. The van der Waals surface area contributed by atoms with Gasteiger partial charge in [0.25, 0.3) is 0 Å². The predicted octanol–water partition coefficient (Wildman–Crippen LogP) is -3.40. The number of nitrogens with two attached hydrogens (primary N) is 3. The molecule has 0 fully saturated rings. The fraction of sp³-hybridized carbons (Fsp3) is 0.545. The van der Waals surface area contributed by atoms with Gasteiger partial charge in [0.15, 0.2) is 5.96 Å². The van der Waals surface area contributed by atoms with Crippen molar-refractivity contribution in [3.8, 4) is 0 Å². The second kappa shape index (κ2) is 9.96. The Bertz CT molecular complexity index is 460. The van der Waals surface area contributed by atoms with E-state index in [4.69, 9.17) is 22.3 Å². The molecule has 1 atom stereocenters. The van der Waals surface area contributed by atoms with Crippen molar-refractivity contribution >= 4 is 29.7 Å². The lowest BCUT2D eigenvalue weighted by molar-refractivity contribution is -0.142. The number of aliphatic imine (C=N–C) groups is 1. The van der Waals surface area contributed by atoms with E-state index in [1.807, 2.05) is 0 Å². The zero-order valence-corrected chi connectivity index (χ0v) is 11.9. The number of hydrogen-bond acceptors (Lipinski definition) is 5. The molecule has 0 aliphatic rings. The van der Waals surface area contributed by atoms with Crippen molar-refractivity contribution in [1.29, 1.82) is 0 Å². The Morgan fingerprint density at radius 2 is 1.73 bits per heavy atom. The Balaban J connectivity index is 4.23. The van der Waals surface area contributed by atoms with Crippen LogP contribution in [0.1, 0.15) is 19.3 Å². The lowest BCUT2D eigenvalue weighted by atomic mass is 10.1. The van der Waals surface area contributed by atoms with E-state index in [9.17, 15) is 19.2 Å². The molecule has 0 saturated heterocycles. The molecule has 0 aromatic carbocycles. The zero-order valence-electron chi connectivity index (χ0n) is 11.9. The molecule has 0 radical (unpaired) electrons. The summed E-state index contributed by atoms with van der Waals surface area (Å²) >= 11 is 0. The largest absolute Gasteiger partial charge is 0.480 e. The van der Waals surface area contributed by atoms with Crippen molar-refractivity contribution in [2.75, 3.05) is 13.1 Å². The van der Waals surface area contributed by atoms with Crippen LogP contribution < -0.4 is 27.8 Å². The normalized spacial score (nSPS) is 11.1. The van der Waals surface area contributed by atoms with E-state index in [1.165, 1.54) is 0 Å². The third-order valence-corrected chi connectivity index (χ3v) is 2.36. The van der Waals surface area contributed by atoms with E-state index in [2.05, 4.69) is 15.6 Å². The summed E-state index contributed by atoms with van der Waals surface area (Å²) < 4.78 is 0. The molecule has 0 heterocycles. The maximum absolute atomic E-state index is 11.5. The van der Waals surface area contributed by atoms with E-state index >= 15 is 0 Å². The van der Waals surface area contributed by atoms with Gasteiger partial charge in [0.2, 0.25) is 17.7 Å². The third-order valence-electron chi connectivity index (χ3n) is 2.36. The van der Waals surface area contributed by atoms with Crippen LogP contribution in [0.15, 0.2) is 4.99 Å². The number of rotatable bonds is 10. The van der Waals surface area contributed by atoms with Crippen molar-refractivity contribution in [1.82, 2.24) is 10.6 Å². The number of carbonyl (C=O) groups is 4. The highest BCUT2D eigenvalue weighted by Gasteiger charge is 2.20. The van der Waals surface area contributed by atoms with Crippen LogP contribution in [0.5, 0.6) is 0 Å². The van der Waals surface area contributed by atoms with Crippen LogP contribution >= 0.6 is 0 Å². The van der Waals surface area contributed by atoms with Crippen LogP contribution in [0.25, 0.3) is 0 Å². The first-order valence-corrected chi connectivity index (χ1v) is 6.35. The summed E-state index contributed by atoms with van der Waals surface area (Å²) in [5.41, 5.74) is 15.1. The third kappa shape index (κ3) is 10.00. The van der Waals surface area contributed by atoms with Gasteiger partial charge in [0.1, 0.15) is 12.5 Å². The average Bonchev–Trinajstić information content (AvgIpc) is 2.39. The average molecular weight is 316 g/mol. The summed E-state index contributed by atoms with van der Waals surface area (Å²) in [6, 6.07) is -1.16. The molecule has 11 nitrogen and oxygen atoms in total. The summed E-state index contributed by atoms with van der Waals surface area (Å²) in [4.78, 5) is 47.9. The number of primary amides is 1. The first-order valence-electron chi connectivity index (χ1n) is 6.35. The molecule has 0 aliphatic heterocycles. The summed E-state index contributed by atoms with van der Waals surface area (Å²) in [6.45, 7) is -0.173. The summed E-state index contributed by atoms with van der Waals surface area (Å²) in [7, 11) is 0. The minimum absolute atomic E-state index is 0.0980. The summed E-state index contributed by atoms with van der Waals surface area (Å²) in [5, 5.41) is 13.3. The Labute approximate surface area is 126 Å². The molecule has 22 heavy (non-hydrogen) atoms. The smallest absolute Gasteiger partial charge is 0.326 e. The SMILES string of the molecule is NC(=O)CNC(=O)CC(=O)NC(CCCN=C(N)N)C(=O)O. The molecule has 0 bridgehead atoms. The number of carbonyl (C=O) groups excluding carboxylic acids is 3. The fourth-order valence-electron chi connectivity index (χ4n) is 1.40. The first-order chi connectivity index (χ1) is 10.2. The van der Waals surface area contributed by atoms with Gasteiger partial charge >= 0.3 is 5.97 Å². The first kappa shape index (κ1) is 19.1. The van der Waals surface area contributed by atoms with E-state index in [-0.39, 0.29) is 18.9 Å². The van der Waals surface area contributed by atoms with E-state index < -0.39 is 42.7 Å². The van der Waals surface area contributed by atoms with Crippen LogP contribution in [0.3, 0.4) is 0 Å². The van der Waals surface area contributed by atoms with Crippen molar-refractivity contribution in [3.63, 3.8) is 0 Å². The van der Waals surface area contributed by atoms with Crippen LogP contribution in [0.4, 0.5) is 0 Å². The van der Waals surface area contributed by atoms with Gasteiger partial charge in [-0.05, 0) is 12.8 Å². The molecule has 0 spiro atoms. The number of hydrogen-bond donors (Lipinski definition) is 6. The van der Waals surface area contributed by atoms with Crippen LogP contribution in [-0.2, 0) is 19.2 Å². The number of guanidine groups is 1. The van der Waals surface area contributed by atoms with Gasteiger partial charge in [-0.2, -0.15) is 0 Å². The Morgan fingerprint density at radius 1 is 1.09 bits per heavy atom. The monoisotopic (exact) mass is 316 g/mol. The summed E-state index contributed by atoms with van der Waals surface area (Å²) in [5.74, 6) is -3.62. The number of aliphatic carboxylic acids is 1. The van der Waals surface area contributed by atoms with Crippen LogP contribution in [0.2, 0.25) is 0 Å². The van der Waals surface area contributed by atoms with Crippen molar-refractivity contribution in [2.45, 2.75) is 25.3 Å². The van der Waals surface area contributed by atoms with Gasteiger partial charge in [0.05, 0.1) is 6.54 Å². The molecule has 1 unspecified atom stereocenters. The molecule has 9 N–H and O–H groups in total. The lowest BCUT2D eigenvalue weighted by Crippen LogP contribution is -2.43. The predicted molar refractivity (Wildman–Crippen MR) is 76.3 cm³/mol. The van der Waals surface area contributed by atoms with Gasteiger partial charge in [-0.25, -0.2) is 4.79 Å². The molecule has 0 saturated carbocycles. The fourth-order valence-corrected chi connectivity index (χ4v) is 1.40. The second-order valence-electron chi connectivity index (χ2n) is 4.33. The van der Waals surface area contributed by atoms with Crippen molar-refractivity contribution < 1.29 is 24.3 Å². The van der Waals surface area contributed by atoms with Crippen LogP contribution in [-0.4, -0.2) is 53.9 Å².